The van der Waals surface area contributed by atoms with Gasteiger partial charge < -0.3 is 0 Å². The molecular weight excluding hydrogens is 558 g/mol. The molecule has 3 aromatic rings. The molecule has 2 N–H and O–H groups in total. The maximum atomic E-state index is 11.6. The summed E-state index contributed by atoms with van der Waals surface area (Å²) in [5.41, 5.74) is 0. The molecule has 0 aliphatic carbocycles. The third-order valence-corrected chi connectivity index (χ3v) is 26.8. The third kappa shape index (κ3) is 5.85. The van der Waals surface area contributed by atoms with Crippen LogP contribution in [-0.2, 0) is 0 Å². The Balaban J connectivity index is 0.000000300. The van der Waals surface area contributed by atoms with E-state index in [9.17, 15) is 6.89 Å². The van der Waals surface area contributed by atoms with E-state index in [0.717, 1.165) is 24.0 Å². The fourth-order valence-electron chi connectivity index (χ4n) is 3.29. The first-order chi connectivity index (χ1) is 13.5. The molecule has 0 amide bonds. The van der Waals surface area contributed by atoms with Gasteiger partial charge in [0.1, 0.15) is 0 Å². The van der Waals surface area contributed by atoms with Crippen molar-refractivity contribution < 1.29 is 6.89 Å². The molecule has 3 aromatic carbocycles. The molecule has 148 valence electrons. The molecule has 0 bridgehead atoms. The molecule has 0 aromatic heterocycles. The Bertz CT molecular complexity index is 699. The summed E-state index contributed by atoms with van der Waals surface area (Å²) >= 11 is -6.11. The fourth-order valence-corrected chi connectivity index (χ4v) is 16.2. The molecule has 0 spiro atoms. The van der Waals surface area contributed by atoms with Crippen molar-refractivity contribution in [3.63, 3.8) is 0 Å². The van der Waals surface area contributed by atoms with Gasteiger partial charge in [0.25, 0.3) is 0 Å². The zero-order chi connectivity index (χ0) is 20.5. The van der Waals surface area contributed by atoms with Crippen LogP contribution in [0.25, 0.3) is 0 Å². The van der Waals surface area contributed by atoms with Crippen LogP contribution in [-0.4, -0.2) is 44.5 Å². The molecule has 0 heterocycles. The van der Waals surface area contributed by atoms with E-state index in [1.54, 1.807) is 0 Å². The molecule has 0 unspecified atom stereocenters. The van der Waals surface area contributed by atoms with Crippen LogP contribution in [0.1, 0.15) is 20.8 Å². The van der Waals surface area contributed by atoms with Gasteiger partial charge in [0.05, 0.1) is 0 Å². The summed E-state index contributed by atoms with van der Waals surface area (Å²) < 4.78 is 27.8. The van der Waals surface area contributed by atoms with E-state index in [1.807, 2.05) is 54.6 Å². The maximum absolute atomic E-state index is 11.6. The zero-order valence-electron chi connectivity index (χ0n) is 17.2. The molecule has 0 aliphatic rings. The van der Waals surface area contributed by atoms with Gasteiger partial charge in [0.15, 0.2) is 0 Å². The first kappa shape index (κ1) is 23.5. The topological polar surface area (TPSA) is 40.5 Å². The van der Waals surface area contributed by atoms with Crippen LogP contribution in [0.2, 0.25) is 13.3 Å². The number of benzene rings is 3. The van der Waals surface area contributed by atoms with Crippen molar-refractivity contribution in [2.75, 3.05) is 0 Å². The zero-order valence-corrected chi connectivity index (χ0v) is 22.9. The van der Waals surface area contributed by atoms with Gasteiger partial charge in [-0.2, -0.15) is 0 Å². The molecule has 4 heteroatoms. The van der Waals surface area contributed by atoms with Crippen LogP contribution in [0.5, 0.6) is 0 Å². The van der Waals surface area contributed by atoms with E-state index in [-0.39, 0.29) is 0 Å². The van der Waals surface area contributed by atoms with Crippen molar-refractivity contribution in [2.24, 2.45) is 0 Å². The van der Waals surface area contributed by atoms with E-state index in [2.05, 4.69) is 57.2 Å². The van der Waals surface area contributed by atoms with E-state index in [4.69, 9.17) is 0 Å². The molecular formula is C24H32O2Sn2. The van der Waals surface area contributed by atoms with Gasteiger partial charge in [-0.05, 0) is 0 Å². The molecule has 0 saturated heterocycles. The normalized spacial score (nSPS) is 11.5. The van der Waals surface area contributed by atoms with Crippen molar-refractivity contribution in [1.82, 2.24) is 0 Å². The number of hydrogen-bond donors (Lipinski definition) is 2. The molecule has 3 rings (SSSR count). The second-order valence-corrected chi connectivity index (χ2v) is 29.1. The summed E-state index contributed by atoms with van der Waals surface area (Å²) in [6.45, 7) is 6.34. The molecule has 2 nitrogen and oxygen atoms in total. The van der Waals surface area contributed by atoms with Crippen LogP contribution in [0.15, 0.2) is 91.0 Å². The molecule has 0 radical (unpaired) electrons. The second-order valence-electron chi connectivity index (χ2n) is 7.09. The van der Waals surface area contributed by atoms with Crippen LogP contribution in [0.3, 0.4) is 0 Å². The predicted octanol–water partition coefficient (Wildman–Crippen LogP) is 3.63. The molecule has 0 atom stereocenters. The molecule has 0 fully saturated rings. The summed E-state index contributed by atoms with van der Waals surface area (Å²) in [5.74, 6) is 0. The van der Waals surface area contributed by atoms with E-state index < -0.39 is 37.6 Å². The van der Waals surface area contributed by atoms with Crippen molar-refractivity contribution in [3.8, 4) is 0 Å². The minimum absolute atomic E-state index is 1.08. The van der Waals surface area contributed by atoms with E-state index in [1.165, 1.54) is 0 Å². The second kappa shape index (κ2) is 11.4. The Hall–Kier alpha value is -0.823. The van der Waals surface area contributed by atoms with E-state index >= 15 is 0 Å². The molecule has 0 aliphatic heterocycles. The van der Waals surface area contributed by atoms with Crippen LogP contribution < -0.4 is 10.7 Å². The molecule has 0 saturated carbocycles. The Morgan fingerprint density at radius 1 is 0.500 bits per heavy atom. The number of rotatable bonds is 6. The summed E-state index contributed by atoms with van der Waals surface area (Å²) in [6.07, 6.45) is 0. The fraction of sp³-hybridized carbons (Fsp3) is 0.250. The standard InChI is InChI=1S/3C6H5.3C2H5.2H2O.2Sn/c3*1-2-4-6-5-3-1;3*1-2;;;;/h3*1-5H;3*1H2,2H3;2*1H2;;/q;;;;;;;;2*+1/p-2. The van der Waals surface area contributed by atoms with Gasteiger partial charge in [-0.25, -0.2) is 0 Å². The average Bonchev–Trinajstić information content (AvgIpc) is 2.80. The Labute approximate surface area is 179 Å². The first-order valence-corrected chi connectivity index (χ1v) is 23.0. The van der Waals surface area contributed by atoms with Crippen LogP contribution in [0.4, 0.5) is 0 Å². The molecule has 28 heavy (non-hydrogen) atoms. The van der Waals surface area contributed by atoms with Crippen LogP contribution in [0, 0.1) is 0 Å². The monoisotopic (exact) mass is 592 g/mol. The van der Waals surface area contributed by atoms with Gasteiger partial charge in [0, 0.05) is 0 Å². The van der Waals surface area contributed by atoms with Gasteiger partial charge in [-0.15, -0.1) is 0 Å². The van der Waals surface area contributed by atoms with Gasteiger partial charge in [-0.1, -0.05) is 0 Å². The number of hydrogen-bond acceptors (Lipinski definition) is 2. The quantitative estimate of drug-likeness (QED) is 0.432. The summed E-state index contributed by atoms with van der Waals surface area (Å²) in [4.78, 5) is 0. The van der Waals surface area contributed by atoms with E-state index in [0.29, 0.717) is 0 Å². The summed E-state index contributed by atoms with van der Waals surface area (Å²) in [7, 11) is 0. The van der Waals surface area contributed by atoms with Crippen molar-refractivity contribution in [2.45, 2.75) is 34.1 Å². The van der Waals surface area contributed by atoms with Gasteiger partial charge >= 0.3 is 180 Å². The summed E-state index contributed by atoms with van der Waals surface area (Å²) in [5, 5.41) is 0. The van der Waals surface area contributed by atoms with Crippen LogP contribution >= 0.6 is 0 Å². The first-order valence-electron chi connectivity index (χ1n) is 10.1. The summed E-state index contributed by atoms with van der Waals surface area (Å²) in [6, 6.07) is 30.3. The van der Waals surface area contributed by atoms with Crippen molar-refractivity contribution in [1.29, 1.82) is 0 Å². The minimum atomic E-state index is -3.78. The third-order valence-electron chi connectivity index (χ3n) is 5.55. The average molecular weight is 590 g/mol. The SMILES string of the molecule is C[CH2][Sn]([OH])([CH2]C)[CH2]C.[OH][Sn]([c]1ccccc1)([c]1ccccc1)[c]1ccccc1. The Morgan fingerprint density at radius 3 is 0.929 bits per heavy atom. The Morgan fingerprint density at radius 2 is 0.750 bits per heavy atom. The van der Waals surface area contributed by atoms with Gasteiger partial charge in [-0.3, -0.25) is 0 Å². The van der Waals surface area contributed by atoms with Crippen molar-refractivity contribution >= 4 is 48.3 Å². The van der Waals surface area contributed by atoms with Crippen molar-refractivity contribution in [3.05, 3.63) is 91.0 Å². The van der Waals surface area contributed by atoms with Gasteiger partial charge in [0.2, 0.25) is 0 Å². The predicted molar refractivity (Wildman–Crippen MR) is 126 cm³/mol. The Kier molecular flexibility index (Phi) is 9.54.